The Morgan fingerprint density at radius 3 is 2.94 bits per heavy atom. The van der Waals surface area contributed by atoms with Gasteiger partial charge in [-0.05, 0) is 25.5 Å². The maximum atomic E-state index is 9.84. The van der Waals surface area contributed by atoms with E-state index in [4.69, 9.17) is 0 Å². The maximum absolute atomic E-state index is 9.84. The molecular weight excluding hydrogens is 230 g/mol. The van der Waals surface area contributed by atoms with Gasteiger partial charge in [-0.1, -0.05) is 18.2 Å². The molecule has 1 aromatic rings. The molecule has 0 spiro atoms. The topological polar surface area (TPSA) is 32.3 Å². The number of benzene rings is 1. The van der Waals surface area contributed by atoms with Gasteiger partial charge in [-0.15, -0.1) is 6.58 Å². The zero-order valence-electron chi connectivity index (χ0n) is 10.6. The first-order chi connectivity index (χ1) is 8.15. The Hall–Kier alpha value is -0.930. The molecule has 2 nitrogen and oxygen atoms in total. The van der Waals surface area contributed by atoms with Crippen molar-refractivity contribution in [1.29, 1.82) is 0 Å². The molecule has 0 saturated carbocycles. The number of hydrogen-bond donors (Lipinski definition) is 2. The van der Waals surface area contributed by atoms with E-state index < -0.39 is 0 Å². The van der Waals surface area contributed by atoms with Crippen LogP contribution in [0.15, 0.2) is 30.9 Å². The molecule has 1 unspecified atom stereocenters. The van der Waals surface area contributed by atoms with Gasteiger partial charge in [-0.25, -0.2) is 0 Å². The van der Waals surface area contributed by atoms with Crippen LogP contribution in [0.4, 0.5) is 0 Å². The molecule has 94 valence electrons. The lowest BCUT2D eigenvalue weighted by Gasteiger charge is -2.15. The molecule has 1 aromatic carbocycles. The van der Waals surface area contributed by atoms with Crippen LogP contribution < -0.4 is 5.32 Å². The van der Waals surface area contributed by atoms with Gasteiger partial charge in [0.15, 0.2) is 0 Å². The first-order valence-electron chi connectivity index (χ1n) is 5.86. The average molecular weight is 251 g/mol. The molecule has 1 rings (SSSR count). The molecule has 0 aliphatic carbocycles. The van der Waals surface area contributed by atoms with Gasteiger partial charge in [0.2, 0.25) is 0 Å². The minimum atomic E-state index is 0.180. The van der Waals surface area contributed by atoms with Crippen LogP contribution >= 0.6 is 11.8 Å². The van der Waals surface area contributed by atoms with Gasteiger partial charge in [0.25, 0.3) is 0 Å². The lowest BCUT2D eigenvalue weighted by molar-refractivity contribution is 0.454. The summed E-state index contributed by atoms with van der Waals surface area (Å²) in [5.41, 5.74) is 2.05. The van der Waals surface area contributed by atoms with E-state index in [1.54, 1.807) is 6.07 Å². The van der Waals surface area contributed by atoms with Gasteiger partial charge >= 0.3 is 0 Å². The van der Waals surface area contributed by atoms with Gasteiger partial charge in [0.1, 0.15) is 5.75 Å². The third kappa shape index (κ3) is 4.84. The lowest BCUT2D eigenvalue weighted by Crippen LogP contribution is -2.21. The van der Waals surface area contributed by atoms with Crippen molar-refractivity contribution in [3.8, 4) is 5.75 Å². The molecule has 2 N–H and O–H groups in total. The lowest BCUT2D eigenvalue weighted by atomic mass is 10.1. The summed E-state index contributed by atoms with van der Waals surface area (Å²) in [6, 6.07) is 6.00. The zero-order chi connectivity index (χ0) is 12.7. The van der Waals surface area contributed by atoms with Crippen molar-refractivity contribution in [2.24, 2.45) is 0 Å². The van der Waals surface area contributed by atoms with E-state index in [0.29, 0.717) is 5.75 Å². The molecule has 0 heterocycles. The Bertz CT molecular complexity index is 365. The highest BCUT2D eigenvalue weighted by Crippen LogP contribution is 2.24. The molecule has 0 aliphatic rings. The predicted molar refractivity (Wildman–Crippen MR) is 76.8 cm³/mol. The molecular formula is C14H21NOS. The van der Waals surface area contributed by atoms with E-state index in [0.717, 1.165) is 29.2 Å². The fourth-order valence-electron chi connectivity index (χ4n) is 1.64. The summed E-state index contributed by atoms with van der Waals surface area (Å²) < 4.78 is 0. The number of rotatable bonds is 7. The van der Waals surface area contributed by atoms with Crippen LogP contribution in [-0.2, 0) is 0 Å². The van der Waals surface area contributed by atoms with Crippen LogP contribution in [0.5, 0.6) is 5.75 Å². The van der Waals surface area contributed by atoms with Crippen molar-refractivity contribution in [2.45, 2.75) is 19.9 Å². The quantitative estimate of drug-likeness (QED) is 0.576. The third-order valence-electron chi connectivity index (χ3n) is 2.59. The summed E-state index contributed by atoms with van der Waals surface area (Å²) in [6.45, 7) is 8.68. The standard InChI is InChI=1S/C14H21NOS/c1-4-8-17-9-7-15-12(3)13-6-5-11(2)10-14(13)16/h4-6,10,12,15-16H,1,7-9H2,2-3H3. The number of phenols is 1. The van der Waals surface area contributed by atoms with Crippen LogP contribution in [0.3, 0.4) is 0 Å². The number of thioether (sulfide) groups is 1. The Kier molecular flexibility index (Phi) is 6.16. The first-order valence-corrected chi connectivity index (χ1v) is 7.02. The number of hydrogen-bond acceptors (Lipinski definition) is 3. The molecule has 0 saturated heterocycles. The Morgan fingerprint density at radius 1 is 1.53 bits per heavy atom. The van der Waals surface area contributed by atoms with Crippen LogP contribution in [0.2, 0.25) is 0 Å². The second-order valence-corrected chi connectivity index (χ2v) is 5.25. The minimum absolute atomic E-state index is 0.180. The zero-order valence-corrected chi connectivity index (χ0v) is 11.4. The van der Waals surface area contributed by atoms with Gasteiger partial charge in [0, 0.05) is 29.7 Å². The van der Waals surface area contributed by atoms with E-state index in [2.05, 4.69) is 18.8 Å². The highest BCUT2D eigenvalue weighted by Gasteiger charge is 2.09. The molecule has 0 fully saturated rings. The van der Waals surface area contributed by atoms with E-state index in [1.165, 1.54) is 0 Å². The summed E-state index contributed by atoms with van der Waals surface area (Å²) in [5.74, 6) is 2.43. The molecule has 0 aliphatic heterocycles. The van der Waals surface area contributed by atoms with Crippen molar-refractivity contribution in [1.82, 2.24) is 5.32 Å². The molecule has 0 amide bonds. The van der Waals surface area contributed by atoms with E-state index in [1.807, 2.05) is 36.9 Å². The summed E-state index contributed by atoms with van der Waals surface area (Å²) in [6.07, 6.45) is 1.92. The van der Waals surface area contributed by atoms with Crippen LogP contribution in [0.25, 0.3) is 0 Å². The van der Waals surface area contributed by atoms with Crippen molar-refractivity contribution in [2.75, 3.05) is 18.1 Å². The first kappa shape index (κ1) is 14.1. The molecule has 17 heavy (non-hydrogen) atoms. The van der Waals surface area contributed by atoms with Crippen molar-refractivity contribution in [3.05, 3.63) is 42.0 Å². The fraction of sp³-hybridized carbons (Fsp3) is 0.429. The van der Waals surface area contributed by atoms with Gasteiger partial charge in [0.05, 0.1) is 0 Å². The normalized spacial score (nSPS) is 12.4. The molecule has 0 radical (unpaired) electrons. The SMILES string of the molecule is C=CCSCCNC(C)c1ccc(C)cc1O. The number of phenolic OH excluding ortho intramolecular Hbond substituents is 1. The summed E-state index contributed by atoms with van der Waals surface area (Å²) in [4.78, 5) is 0. The monoisotopic (exact) mass is 251 g/mol. The van der Waals surface area contributed by atoms with E-state index in [9.17, 15) is 5.11 Å². The summed E-state index contributed by atoms with van der Waals surface area (Å²) in [5, 5.41) is 13.2. The minimum Gasteiger partial charge on any atom is -0.508 e. The molecule has 1 atom stereocenters. The highest BCUT2D eigenvalue weighted by molar-refractivity contribution is 7.99. The predicted octanol–water partition coefficient (Wildman–Crippen LogP) is 3.27. The van der Waals surface area contributed by atoms with Crippen LogP contribution in [0, 0.1) is 6.92 Å². The second-order valence-electron chi connectivity index (χ2n) is 4.10. The van der Waals surface area contributed by atoms with Crippen LogP contribution in [0.1, 0.15) is 24.1 Å². The number of aryl methyl sites for hydroxylation is 1. The van der Waals surface area contributed by atoms with Crippen LogP contribution in [-0.4, -0.2) is 23.2 Å². The van der Waals surface area contributed by atoms with E-state index >= 15 is 0 Å². The average Bonchev–Trinajstić information content (AvgIpc) is 2.28. The summed E-state index contributed by atoms with van der Waals surface area (Å²) in [7, 11) is 0. The third-order valence-corrected chi connectivity index (χ3v) is 3.55. The van der Waals surface area contributed by atoms with Gasteiger partial charge < -0.3 is 10.4 Å². The number of aromatic hydroxyl groups is 1. The number of nitrogens with one attached hydrogen (secondary N) is 1. The molecule has 3 heteroatoms. The molecule has 0 aromatic heterocycles. The van der Waals surface area contributed by atoms with Gasteiger partial charge in [-0.2, -0.15) is 11.8 Å². The smallest absolute Gasteiger partial charge is 0.120 e. The highest BCUT2D eigenvalue weighted by atomic mass is 32.2. The summed E-state index contributed by atoms with van der Waals surface area (Å²) >= 11 is 1.85. The second kappa shape index (κ2) is 7.41. The van der Waals surface area contributed by atoms with Crippen molar-refractivity contribution < 1.29 is 5.11 Å². The molecule has 0 bridgehead atoms. The maximum Gasteiger partial charge on any atom is 0.120 e. The van der Waals surface area contributed by atoms with E-state index in [-0.39, 0.29) is 6.04 Å². The Morgan fingerprint density at radius 2 is 2.29 bits per heavy atom. The van der Waals surface area contributed by atoms with Crippen molar-refractivity contribution >= 4 is 11.8 Å². The Balaban J connectivity index is 2.41. The fourth-order valence-corrected chi connectivity index (χ4v) is 2.24. The largest absolute Gasteiger partial charge is 0.508 e. The Labute approximate surface area is 108 Å². The van der Waals surface area contributed by atoms with Gasteiger partial charge in [-0.3, -0.25) is 0 Å². The van der Waals surface area contributed by atoms with Crippen molar-refractivity contribution in [3.63, 3.8) is 0 Å².